The molecule has 24 heavy (non-hydrogen) atoms. The molecule has 0 unspecified atom stereocenters. The van der Waals surface area contributed by atoms with Crippen LogP contribution in [-0.2, 0) is 4.79 Å². The molecule has 0 saturated carbocycles. The van der Waals surface area contributed by atoms with Gasteiger partial charge in [-0.15, -0.1) is 0 Å². The summed E-state index contributed by atoms with van der Waals surface area (Å²) < 4.78 is 22.4. The number of carbonyl (C=O) groups excluding carboxylic acids is 1. The predicted molar refractivity (Wildman–Crippen MR) is 90.9 cm³/mol. The lowest BCUT2D eigenvalue weighted by atomic mass is 10.2. The largest absolute Gasteiger partial charge is 0.484 e. The van der Waals surface area contributed by atoms with E-state index in [1.54, 1.807) is 36.4 Å². The number of nitrogens with zero attached hydrogens (tertiary/aromatic N) is 2. The fourth-order valence-corrected chi connectivity index (χ4v) is 2.56. The van der Waals surface area contributed by atoms with E-state index in [0.29, 0.717) is 27.3 Å². The van der Waals surface area contributed by atoms with Gasteiger partial charge in [0.15, 0.2) is 12.4 Å². The molecule has 3 aromatic rings. The molecule has 5 nitrogen and oxygen atoms in total. The zero-order chi connectivity index (χ0) is 16.9. The summed E-state index contributed by atoms with van der Waals surface area (Å²) in [6, 6.07) is 12.5. The molecule has 0 aliphatic heterocycles. The van der Waals surface area contributed by atoms with Crippen molar-refractivity contribution in [3.05, 3.63) is 59.4 Å². The molecular weight excluding hydrogens is 353 g/mol. The maximum absolute atomic E-state index is 12.9. The second kappa shape index (κ2) is 7.37. The summed E-state index contributed by atoms with van der Waals surface area (Å²) in [5.41, 5.74) is 0.672. The minimum Gasteiger partial charge on any atom is -0.484 e. The van der Waals surface area contributed by atoms with Gasteiger partial charge in [-0.05, 0) is 48.5 Å². The zero-order valence-corrected chi connectivity index (χ0v) is 13.8. The fourth-order valence-electron chi connectivity index (χ4n) is 1.83. The topological polar surface area (TPSA) is 64.1 Å². The van der Waals surface area contributed by atoms with Crippen molar-refractivity contribution in [2.45, 2.75) is 0 Å². The highest BCUT2D eigenvalue weighted by atomic mass is 35.5. The molecular formula is C16H11ClFN3O2S. The van der Waals surface area contributed by atoms with Gasteiger partial charge in [-0.1, -0.05) is 11.6 Å². The average molecular weight is 364 g/mol. The van der Waals surface area contributed by atoms with Crippen molar-refractivity contribution in [3.8, 4) is 17.1 Å². The lowest BCUT2D eigenvalue weighted by Crippen LogP contribution is -2.20. The van der Waals surface area contributed by atoms with E-state index in [1.165, 1.54) is 12.1 Å². The number of carbonyl (C=O) groups is 1. The predicted octanol–water partition coefficient (Wildman–Crippen LogP) is 4.02. The number of aromatic nitrogens is 2. The maximum atomic E-state index is 12.9. The average Bonchev–Trinajstić information content (AvgIpc) is 3.03. The van der Waals surface area contributed by atoms with Crippen molar-refractivity contribution in [1.29, 1.82) is 0 Å². The van der Waals surface area contributed by atoms with Crippen LogP contribution in [0.3, 0.4) is 0 Å². The van der Waals surface area contributed by atoms with Crippen LogP contribution in [0.25, 0.3) is 11.4 Å². The van der Waals surface area contributed by atoms with Crippen molar-refractivity contribution >= 4 is 34.2 Å². The molecule has 1 aromatic heterocycles. The number of ether oxygens (including phenoxy) is 1. The smallest absolute Gasteiger partial charge is 0.264 e. The van der Waals surface area contributed by atoms with Gasteiger partial charge in [0.1, 0.15) is 11.6 Å². The third kappa shape index (κ3) is 4.27. The van der Waals surface area contributed by atoms with E-state index in [1.807, 2.05) is 0 Å². The van der Waals surface area contributed by atoms with Crippen molar-refractivity contribution in [2.75, 3.05) is 11.9 Å². The van der Waals surface area contributed by atoms with Crippen LogP contribution in [0, 0.1) is 5.82 Å². The van der Waals surface area contributed by atoms with Crippen LogP contribution in [0.4, 0.5) is 9.52 Å². The van der Waals surface area contributed by atoms with Crippen LogP contribution >= 0.6 is 23.1 Å². The van der Waals surface area contributed by atoms with Gasteiger partial charge in [0.05, 0.1) is 0 Å². The number of hydrogen-bond donors (Lipinski definition) is 1. The van der Waals surface area contributed by atoms with E-state index >= 15 is 0 Å². The number of anilines is 1. The Morgan fingerprint density at radius 2 is 1.88 bits per heavy atom. The SMILES string of the molecule is O=C(COc1ccc(Cl)cc1)Nc1nc(-c2ccc(F)cc2)ns1. The second-order valence-electron chi connectivity index (χ2n) is 4.72. The van der Waals surface area contributed by atoms with Crippen LogP contribution in [0.1, 0.15) is 0 Å². The van der Waals surface area contributed by atoms with Gasteiger partial charge in [0.2, 0.25) is 5.13 Å². The number of halogens is 2. The van der Waals surface area contributed by atoms with Crippen molar-refractivity contribution in [2.24, 2.45) is 0 Å². The van der Waals surface area contributed by atoms with Crippen molar-refractivity contribution < 1.29 is 13.9 Å². The first-order valence-electron chi connectivity index (χ1n) is 6.88. The van der Waals surface area contributed by atoms with Gasteiger partial charge in [-0.25, -0.2) is 4.39 Å². The van der Waals surface area contributed by atoms with E-state index in [-0.39, 0.29) is 18.3 Å². The minimum atomic E-state index is -0.355. The highest BCUT2D eigenvalue weighted by Gasteiger charge is 2.10. The first-order valence-corrected chi connectivity index (χ1v) is 8.03. The molecule has 3 rings (SSSR count). The van der Waals surface area contributed by atoms with Crippen molar-refractivity contribution in [3.63, 3.8) is 0 Å². The van der Waals surface area contributed by atoms with Gasteiger partial charge in [0.25, 0.3) is 5.91 Å². The van der Waals surface area contributed by atoms with E-state index in [4.69, 9.17) is 16.3 Å². The molecule has 1 heterocycles. The normalized spacial score (nSPS) is 10.4. The monoisotopic (exact) mass is 363 g/mol. The van der Waals surface area contributed by atoms with Crippen LogP contribution in [0.2, 0.25) is 5.02 Å². The second-order valence-corrected chi connectivity index (χ2v) is 5.91. The summed E-state index contributed by atoms with van der Waals surface area (Å²) >= 11 is 6.81. The Hall–Kier alpha value is -2.51. The van der Waals surface area contributed by atoms with Gasteiger partial charge in [0, 0.05) is 22.1 Å². The quantitative estimate of drug-likeness (QED) is 0.743. The first kappa shape index (κ1) is 16.4. The zero-order valence-electron chi connectivity index (χ0n) is 12.2. The molecule has 1 N–H and O–H groups in total. The molecule has 0 aliphatic carbocycles. The molecule has 0 saturated heterocycles. The summed E-state index contributed by atoms with van der Waals surface area (Å²) in [6.07, 6.45) is 0. The highest BCUT2D eigenvalue weighted by molar-refractivity contribution is 7.10. The first-order chi connectivity index (χ1) is 11.6. The molecule has 122 valence electrons. The van der Waals surface area contributed by atoms with Crippen LogP contribution in [0.15, 0.2) is 48.5 Å². The summed E-state index contributed by atoms with van der Waals surface area (Å²) in [7, 11) is 0. The summed E-state index contributed by atoms with van der Waals surface area (Å²) in [6.45, 7) is -0.160. The van der Waals surface area contributed by atoms with Crippen molar-refractivity contribution in [1.82, 2.24) is 9.36 Å². The lowest BCUT2D eigenvalue weighted by Gasteiger charge is -2.05. The molecule has 8 heteroatoms. The number of rotatable bonds is 5. The van der Waals surface area contributed by atoms with E-state index in [2.05, 4.69) is 14.7 Å². The Kier molecular flexibility index (Phi) is 5.02. The van der Waals surface area contributed by atoms with Gasteiger partial charge in [-0.3, -0.25) is 10.1 Å². The number of amides is 1. The molecule has 1 amide bonds. The van der Waals surface area contributed by atoms with Gasteiger partial charge in [-0.2, -0.15) is 9.36 Å². The minimum absolute atomic E-state index is 0.160. The standard InChI is InChI=1S/C16H11ClFN3O2S/c17-11-3-7-13(8-4-11)23-9-14(22)19-16-20-15(21-24-16)10-1-5-12(18)6-2-10/h1-8H,9H2,(H,19,20,21,22). The van der Waals surface area contributed by atoms with Crippen LogP contribution < -0.4 is 10.1 Å². The lowest BCUT2D eigenvalue weighted by molar-refractivity contribution is -0.118. The maximum Gasteiger partial charge on any atom is 0.264 e. The molecule has 2 aromatic carbocycles. The molecule has 0 radical (unpaired) electrons. The molecule has 0 spiro atoms. The summed E-state index contributed by atoms with van der Waals surface area (Å²) in [5, 5.41) is 3.54. The summed E-state index contributed by atoms with van der Waals surface area (Å²) in [5.74, 6) is 0.279. The fraction of sp³-hybridized carbons (Fsp3) is 0.0625. The van der Waals surface area contributed by atoms with E-state index in [0.717, 1.165) is 11.5 Å². The summed E-state index contributed by atoms with van der Waals surface area (Å²) in [4.78, 5) is 16.1. The Morgan fingerprint density at radius 3 is 2.58 bits per heavy atom. The molecule has 0 aliphatic rings. The van der Waals surface area contributed by atoms with Gasteiger partial charge >= 0.3 is 0 Å². The third-order valence-corrected chi connectivity index (χ3v) is 3.84. The molecule has 0 fully saturated rings. The van der Waals surface area contributed by atoms with Crippen LogP contribution in [0.5, 0.6) is 5.75 Å². The molecule has 0 bridgehead atoms. The Bertz CT molecular complexity index is 837. The van der Waals surface area contributed by atoms with E-state index < -0.39 is 0 Å². The van der Waals surface area contributed by atoms with E-state index in [9.17, 15) is 9.18 Å². The Morgan fingerprint density at radius 1 is 1.17 bits per heavy atom. The van der Waals surface area contributed by atoms with Crippen LogP contribution in [-0.4, -0.2) is 21.9 Å². The number of hydrogen-bond acceptors (Lipinski definition) is 5. The Balaban J connectivity index is 1.57. The number of nitrogens with one attached hydrogen (secondary N) is 1. The molecule has 0 atom stereocenters. The third-order valence-electron chi connectivity index (χ3n) is 2.96. The number of benzene rings is 2. The van der Waals surface area contributed by atoms with Gasteiger partial charge < -0.3 is 4.74 Å². The Labute approximate surface area is 146 Å². The highest BCUT2D eigenvalue weighted by Crippen LogP contribution is 2.21.